The Bertz CT molecular complexity index is 276. The Morgan fingerprint density at radius 3 is 2.75 bits per heavy atom. The van der Waals surface area contributed by atoms with Gasteiger partial charge in [0.05, 0.1) is 5.69 Å². The van der Waals surface area contributed by atoms with Gasteiger partial charge in [-0.3, -0.25) is 0 Å². The van der Waals surface area contributed by atoms with Gasteiger partial charge in [0.25, 0.3) is 5.23 Å². The Kier molecular flexibility index (Phi) is 2.32. The number of ether oxygens (including phenoxy) is 1. The number of hydrogen-bond acceptors (Lipinski definition) is 3. The molecule has 62 valence electrons. The van der Waals surface area contributed by atoms with Crippen molar-refractivity contribution >= 4 is 22.7 Å². The number of rotatable bonds is 1. The van der Waals surface area contributed by atoms with Crippen LogP contribution in [0, 0.1) is 0 Å². The summed E-state index contributed by atoms with van der Waals surface area (Å²) in [5, 5.41) is 0.793. The Morgan fingerprint density at radius 2 is 2.08 bits per heavy atom. The van der Waals surface area contributed by atoms with Crippen molar-refractivity contribution in [2.45, 2.75) is 0 Å². The van der Waals surface area contributed by atoms with Crippen LogP contribution in [0.25, 0.3) is 0 Å². The molecule has 2 nitrogen and oxygen atoms in total. The molecule has 0 radical (unpaired) electrons. The molecule has 1 saturated heterocycles. The van der Waals surface area contributed by atoms with Gasteiger partial charge in [0.2, 0.25) is 0 Å². The molecule has 0 bridgehead atoms. The summed E-state index contributed by atoms with van der Waals surface area (Å²) in [7, 11) is 0. The van der Waals surface area contributed by atoms with E-state index in [-0.39, 0.29) is 0 Å². The predicted molar refractivity (Wildman–Crippen MR) is 51.9 cm³/mol. The van der Waals surface area contributed by atoms with Crippen molar-refractivity contribution in [1.82, 2.24) is 0 Å². The molecular weight excluding hydrogens is 170 g/mol. The van der Waals surface area contributed by atoms with E-state index in [1.54, 1.807) is 11.8 Å². The Balaban J connectivity index is 2.16. The minimum Gasteiger partial charge on any atom is -0.472 e. The highest BCUT2D eigenvalue weighted by Gasteiger charge is 2.09. The first kappa shape index (κ1) is 7.68. The molecule has 1 aromatic carbocycles. The molecule has 0 aliphatic carbocycles. The first-order valence-corrected chi connectivity index (χ1v) is 4.83. The van der Waals surface area contributed by atoms with Crippen LogP contribution < -0.4 is 0 Å². The number of benzene rings is 1. The van der Waals surface area contributed by atoms with Crippen LogP contribution in [0.5, 0.6) is 0 Å². The Morgan fingerprint density at radius 1 is 1.25 bits per heavy atom. The summed E-state index contributed by atoms with van der Waals surface area (Å²) >= 11 is 1.66. The molecule has 0 saturated carbocycles. The number of hydrogen-bond donors (Lipinski definition) is 0. The lowest BCUT2D eigenvalue weighted by atomic mass is 10.3. The molecule has 0 unspecified atom stereocenters. The summed E-state index contributed by atoms with van der Waals surface area (Å²) in [4.78, 5) is 4.32. The van der Waals surface area contributed by atoms with Crippen molar-refractivity contribution in [3.63, 3.8) is 0 Å². The van der Waals surface area contributed by atoms with Crippen LogP contribution in [-0.4, -0.2) is 17.6 Å². The molecular formula is C9H9NOS. The molecule has 3 heteroatoms. The number of aliphatic imine (C=N–C) groups is 1. The maximum absolute atomic E-state index is 5.27. The lowest BCUT2D eigenvalue weighted by Gasteiger charge is -1.95. The lowest BCUT2D eigenvalue weighted by Crippen LogP contribution is -1.88. The van der Waals surface area contributed by atoms with E-state index in [0.717, 1.165) is 23.3 Å². The van der Waals surface area contributed by atoms with Gasteiger partial charge in [0.1, 0.15) is 6.61 Å². The van der Waals surface area contributed by atoms with Crippen molar-refractivity contribution in [2.24, 2.45) is 4.99 Å². The monoisotopic (exact) mass is 179 g/mol. The molecule has 2 rings (SSSR count). The van der Waals surface area contributed by atoms with Crippen molar-refractivity contribution < 1.29 is 4.74 Å². The summed E-state index contributed by atoms with van der Waals surface area (Å²) in [6, 6.07) is 9.86. The highest BCUT2D eigenvalue weighted by molar-refractivity contribution is 8.13. The second-order valence-electron chi connectivity index (χ2n) is 2.41. The van der Waals surface area contributed by atoms with Gasteiger partial charge in [-0.1, -0.05) is 30.0 Å². The summed E-state index contributed by atoms with van der Waals surface area (Å²) in [5.41, 5.74) is 0.960. The topological polar surface area (TPSA) is 21.6 Å². The van der Waals surface area contributed by atoms with E-state index in [4.69, 9.17) is 4.74 Å². The van der Waals surface area contributed by atoms with Gasteiger partial charge in [-0.25, -0.2) is 4.99 Å². The fourth-order valence-electron chi connectivity index (χ4n) is 0.972. The van der Waals surface area contributed by atoms with Crippen molar-refractivity contribution in [1.29, 1.82) is 0 Å². The molecule has 1 aliphatic rings. The first-order chi connectivity index (χ1) is 5.95. The minimum atomic E-state index is 0.788. The van der Waals surface area contributed by atoms with Crippen LogP contribution in [-0.2, 0) is 4.74 Å². The van der Waals surface area contributed by atoms with E-state index in [1.807, 2.05) is 30.3 Å². The SMILES string of the molecule is c1ccc(N=C2OCCS2)cc1. The third kappa shape index (κ3) is 1.80. The molecule has 12 heavy (non-hydrogen) atoms. The van der Waals surface area contributed by atoms with Crippen LogP contribution in [0.15, 0.2) is 35.3 Å². The highest BCUT2D eigenvalue weighted by atomic mass is 32.2. The third-order valence-electron chi connectivity index (χ3n) is 1.51. The number of thioether (sulfide) groups is 1. The van der Waals surface area contributed by atoms with E-state index in [0.29, 0.717) is 0 Å². The lowest BCUT2D eigenvalue weighted by molar-refractivity contribution is 0.353. The smallest absolute Gasteiger partial charge is 0.251 e. The zero-order valence-corrected chi connectivity index (χ0v) is 7.38. The van der Waals surface area contributed by atoms with Gasteiger partial charge < -0.3 is 4.74 Å². The Hall–Kier alpha value is -0.960. The van der Waals surface area contributed by atoms with Gasteiger partial charge in [0, 0.05) is 5.75 Å². The molecule has 0 aromatic heterocycles. The Labute approximate surface area is 75.7 Å². The second-order valence-corrected chi connectivity index (χ2v) is 3.46. The standard InChI is InChI=1S/C9H9NOS/c1-2-4-8(5-3-1)10-9-11-6-7-12-9/h1-5H,6-7H2. The van der Waals surface area contributed by atoms with E-state index in [9.17, 15) is 0 Å². The van der Waals surface area contributed by atoms with Crippen LogP contribution in [0.1, 0.15) is 0 Å². The van der Waals surface area contributed by atoms with Gasteiger partial charge >= 0.3 is 0 Å². The fraction of sp³-hybridized carbons (Fsp3) is 0.222. The predicted octanol–water partition coefficient (Wildman–Crippen LogP) is 2.44. The third-order valence-corrected chi connectivity index (χ3v) is 2.34. The van der Waals surface area contributed by atoms with Crippen molar-refractivity contribution in [2.75, 3.05) is 12.4 Å². The summed E-state index contributed by atoms with van der Waals surface area (Å²) in [6.07, 6.45) is 0. The highest BCUT2D eigenvalue weighted by Crippen LogP contribution is 2.19. The largest absolute Gasteiger partial charge is 0.472 e. The molecule has 0 amide bonds. The molecule has 0 spiro atoms. The zero-order valence-electron chi connectivity index (χ0n) is 6.56. The molecule has 0 atom stereocenters. The maximum atomic E-state index is 5.27. The summed E-state index contributed by atoms with van der Waals surface area (Å²) in [5.74, 6) is 1.02. The number of nitrogens with zero attached hydrogens (tertiary/aromatic N) is 1. The second kappa shape index (κ2) is 3.63. The molecule has 1 fully saturated rings. The zero-order chi connectivity index (χ0) is 8.23. The fourth-order valence-corrected chi connectivity index (χ4v) is 1.65. The van der Waals surface area contributed by atoms with Crippen LogP contribution in [0.3, 0.4) is 0 Å². The first-order valence-electron chi connectivity index (χ1n) is 3.84. The molecule has 1 aromatic rings. The molecule has 1 aliphatic heterocycles. The van der Waals surface area contributed by atoms with E-state index in [2.05, 4.69) is 4.99 Å². The summed E-state index contributed by atoms with van der Waals surface area (Å²) < 4.78 is 5.27. The van der Waals surface area contributed by atoms with Gasteiger partial charge in [-0.05, 0) is 12.1 Å². The average Bonchev–Trinajstić information content (AvgIpc) is 2.59. The van der Waals surface area contributed by atoms with Gasteiger partial charge in [0.15, 0.2) is 0 Å². The van der Waals surface area contributed by atoms with Crippen LogP contribution >= 0.6 is 11.8 Å². The van der Waals surface area contributed by atoms with E-state index in [1.165, 1.54) is 0 Å². The maximum Gasteiger partial charge on any atom is 0.251 e. The van der Waals surface area contributed by atoms with E-state index < -0.39 is 0 Å². The van der Waals surface area contributed by atoms with Crippen molar-refractivity contribution in [3.05, 3.63) is 30.3 Å². The summed E-state index contributed by atoms with van der Waals surface area (Å²) in [6.45, 7) is 0.788. The molecule has 0 N–H and O–H groups in total. The normalized spacial score (nSPS) is 19.5. The van der Waals surface area contributed by atoms with Gasteiger partial charge in [-0.15, -0.1) is 0 Å². The molecule has 1 heterocycles. The average molecular weight is 179 g/mol. The quantitative estimate of drug-likeness (QED) is 0.660. The van der Waals surface area contributed by atoms with Crippen LogP contribution in [0.4, 0.5) is 5.69 Å². The van der Waals surface area contributed by atoms with Crippen LogP contribution in [0.2, 0.25) is 0 Å². The van der Waals surface area contributed by atoms with Gasteiger partial charge in [-0.2, -0.15) is 0 Å². The minimum absolute atomic E-state index is 0.788. The van der Waals surface area contributed by atoms with Crippen molar-refractivity contribution in [3.8, 4) is 0 Å². The number of para-hydroxylation sites is 1. The van der Waals surface area contributed by atoms with E-state index >= 15 is 0 Å².